The van der Waals surface area contributed by atoms with Gasteiger partial charge in [-0.15, -0.1) is 0 Å². The largest absolute Gasteiger partial charge is 0.393 e. The van der Waals surface area contributed by atoms with Crippen LogP contribution in [0.3, 0.4) is 0 Å². The van der Waals surface area contributed by atoms with E-state index >= 15 is 0 Å². The molecule has 216 valence electrons. The van der Waals surface area contributed by atoms with E-state index in [1.54, 1.807) is 0 Å². The summed E-state index contributed by atoms with van der Waals surface area (Å²) >= 11 is 0. The molecule has 0 aliphatic rings. The first kappa shape index (κ1) is 35.7. The lowest BCUT2D eigenvalue weighted by atomic mass is 9.75. The van der Waals surface area contributed by atoms with Gasteiger partial charge in [-0.2, -0.15) is 0 Å². The van der Waals surface area contributed by atoms with Gasteiger partial charge < -0.3 is 47.8 Å². The number of aliphatic hydroxyl groups is 2. The molecule has 0 saturated carbocycles. The second-order valence-corrected chi connectivity index (χ2v) is 9.31. The van der Waals surface area contributed by atoms with Gasteiger partial charge in [0, 0.05) is 91.6 Å². The Morgan fingerprint density at radius 3 is 1.89 bits per heavy atom. The molecule has 0 bridgehead atoms. The first-order chi connectivity index (χ1) is 17.9. The zero-order valence-corrected chi connectivity index (χ0v) is 23.3. The highest BCUT2D eigenvalue weighted by Crippen LogP contribution is 1.97. The summed E-state index contributed by atoms with van der Waals surface area (Å²) in [4.78, 5) is 26.2. The Bertz CT molecular complexity index is 555. The molecule has 0 heterocycles. The van der Waals surface area contributed by atoms with Gasteiger partial charge in [-0.1, -0.05) is 26.3 Å². The first-order valence-corrected chi connectivity index (χ1v) is 14.1. The Labute approximate surface area is 225 Å². The Morgan fingerprint density at radius 2 is 1.24 bits per heavy atom. The maximum atomic E-state index is 12.1. The van der Waals surface area contributed by atoms with Crippen molar-refractivity contribution in [2.45, 2.75) is 44.9 Å². The lowest BCUT2D eigenvalue weighted by Gasteiger charge is -2.25. The van der Waals surface area contributed by atoms with E-state index in [2.05, 4.69) is 43.6 Å². The SMILES string of the molecule is CBCC(O)CNCCNCCN(CCNC(=O)CC(=O)NCCNCCNCCN)CC(O)CBC. The van der Waals surface area contributed by atoms with E-state index in [-0.39, 0.29) is 24.3 Å². The number of nitrogens with zero attached hydrogens (tertiary/aromatic N) is 1. The van der Waals surface area contributed by atoms with Crippen molar-refractivity contribution in [2.75, 3.05) is 91.6 Å². The minimum Gasteiger partial charge on any atom is -0.393 e. The summed E-state index contributed by atoms with van der Waals surface area (Å²) < 4.78 is 0. The van der Waals surface area contributed by atoms with Crippen molar-refractivity contribution in [1.29, 1.82) is 0 Å². The molecule has 2 amide bonds. The molecule has 0 aliphatic carbocycles. The average Bonchev–Trinajstić information content (AvgIpc) is 2.85. The zero-order valence-electron chi connectivity index (χ0n) is 23.3. The average molecular weight is 528 g/mol. The molecule has 12 nitrogen and oxygen atoms in total. The number of carbonyl (C=O) groups excluding carboxylic acids is 2. The second-order valence-electron chi connectivity index (χ2n) is 9.31. The third-order valence-electron chi connectivity index (χ3n) is 5.67. The highest BCUT2D eigenvalue weighted by Gasteiger charge is 2.13. The van der Waals surface area contributed by atoms with E-state index in [0.717, 1.165) is 73.0 Å². The highest BCUT2D eigenvalue weighted by molar-refractivity contribution is 6.33. The van der Waals surface area contributed by atoms with Gasteiger partial charge >= 0.3 is 0 Å². The molecule has 0 aromatic carbocycles. The molecule has 0 aromatic heterocycles. The molecule has 2 atom stereocenters. The van der Waals surface area contributed by atoms with Crippen LogP contribution in [0.15, 0.2) is 0 Å². The van der Waals surface area contributed by atoms with E-state index in [4.69, 9.17) is 5.73 Å². The van der Waals surface area contributed by atoms with E-state index < -0.39 is 6.10 Å². The molecule has 37 heavy (non-hydrogen) atoms. The summed E-state index contributed by atoms with van der Waals surface area (Å²) in [6, 6.07) is 0. The van der Waals surface area contributed by atoms with Crippen LogP contribution in [0.1, 0.15) is 6.42 Å². The Kier molecular flexibility index (Phi) is 25.5. The Balaban J connectivity index is 4.05. The van der Waals surface area contributed by atoms with Crippen LogP contribution in [0.25, 0.3) is 0 Å². The molecular formula is C23H54B2N8O4. The summed E-state index contributed by atoms with van der Waals surface area (Å²) in [6.45, 7) is 13.4. The van der Waals surface area contributed by atoms with Gasteiger partial charge in [0.15, 0.2) is 0 Å². The predicted octanol–water partition coefficient (Wildman–Crippen LogP) is -4.24. The molecule has 2 unspecified atom stereocenters. The van der Waals surface area contributed by atoms with Crippen molar-refractivity contribution >= 4 is 26.4 Å². The highest BCUT2D eigenvalue weighted by atomic mass is 16.3. The van der Waals surface area contributed by atoms with Gasteiger partial charge in [-0.25, -0.2) is 0 Å². The van der Waals surface area contributed by atoms with Gasteiger partial charge in [0.05, 0.1) is 12.2 Å². The van der Waals surface area contributed by atoms with Crippen LogP contribution >= 0.6 is 0 Å². The lowest BCUT2D eigenvalue weighted by molar-refractivity contribution is -0.129. The molecule has 0 saturated heterocycles. The molecule has 0 aromatic rings. The summed E-state index contributed by atoms with van der Waals surface area (Å²) in [5.41, 5.74) is 5.40. The fourth-order valence-corrected chi connectivity index (χ4v) is 3.70. The molecule has 14 heteroatoms. The standard InChI is InChI=1S/C23H54B2N8O4/c1-24-16-20(34)18-30-8-7-29-11-13-33(19-21(35)17-25-2)14-12-32-23(37)15-22(36)31-10-9-28-6-5-27-4-3-26/h20-21,24-25,27-30,34-35H,3-19,26H2,1-2H3,(H,31,36)(H,32,37). The zero-order chi connectivity index (χ0) is 27.6. The Morgan fingerprint density at radius 1 is 0.730 bits per heavy atom. The molecule has 0 spiro atoms. The van der Waals surface area contributed by atoms with E-state index in [1.807, 2.05) is 6.82 Å². The van der Waals surface area contributed by atoms with Crippen LogP contribution in [0.5, 0.6) is 0 Å². The van der Waals surface area contributed by atoms with Crippen molar-refractivity contribution in [2.24, 2.45) is 5.73 Å². The van der Waals surface area contributed by atoms with Gasteiger partial charge in [0.25, 0.3) is 0 Å². The summed E-state index contributed by atoms with van der Waals surface area (Å²) in [7, 11) is 1.89. The van der Waals surface area contributed by atoms with Crippen LogP contribution in [0, 0.1) is 0 Å². The monoisotopic (exact) mass is 528 g/mol. The quantitative estimate of drug-likeness (QED) is 0.0289. The summed E-state index contributed by atoms with van der Waals surface area (Å²) in [5.74, 6) is -0.601. The third kappa shape index (κ3) is 24.8. The number of nitrogens with two attached hydrogens (primary N) is 1. The first-order valence-electron chi connectivity index (χ1n) is 14.1. The van der Waals surface area contributed by atoms with Crippen LogP contribution in [-0.2, 0) is 9.59 Å². The fourth-order valence-electron chi connectivity index (χ4n) is 3.70. The minimum absolute atomic E-state index is 0.196. The van der Waals surface area contributed by atoms with Gasteiger partial charge in [-0.3, -0.25) is 14.5 Å². The van der Waals surface area contributed by atoms with Crippen LogP contribution in [-0.4, -0.2) is 145 Å². The number of carbonyl (C=O) groups is 2. The number of amides is 2. The predicted molar refractivity (Wildman–Crippen MR) is 155 cm³/mol. The summed E-state index contributed by atoms with van der Waals surface area (Å²) in [6.07, 6.45) is 0.650. The van der Waals surface area contributed by atoms with E-state index in [9.17, 15) is 19.8 Å². The van der Waals surface area contributed by atoms with Crippen molar-refractivity contribution < 1.29 is 19.8 Å². The number of hydrogen-bond acceptors (Lipinski definition) is 10. The van der Waals surface area contributed by atoms with E-state index in [0.29, 0.717) is 45.8 Å². The lowest BCUT2D eigenvalue weighted by Crippen LogP contribution is -2.43. The van der Waals surface area contributed by atoms with Gasteiger partial charge in [-0.05, 0) is 0 Å². The van der Waals surface area contributed by atoms with Crippen molar-refractivity contribution in [3.63, 3.8) is 0 Å². The second kappa shape index (κ2) is 26.4. The van der Waals surface area contributed by atoms with Gasteiger partial charge in [0.2, 0.25) is 11.8 Å². The third-order valence-corrected chi connectivity index (χ3v) is 5.67. The molecule has 10 N–H and O–H groups in total. The van der Waals surface area contributed by atoms with Crippen LogP contribution < -0.4 is 37.6 Å². The maximum Gasteiger partial charge on any atom is 0.229 e. The van der Waals surface area contributed by atoms with Crippen LogP contribution in [0.4, 0.5) is 0 Å². The topological polar surface area (TPSA) is 176 Å². The van der Waals surface area contributed by atoms with Crippen molar-refractivity contribution in [1.82, 2.24) is 36.8 Å². The maximum absolute atomic E-state index is 12.1. The molecular weight excluding hydrogens is 474 g/mol. The van der Waals surface area contributed by atoms with Gasteiger partial charge in [0.1, 0.15) is 21.0 Å². The number of rotatable bonds is 27. The Hall–Kier alpha value is -1.25. The number of hydrogen-bond donors (Lipinski definition) is 9. The van der Waals surface area contributed by atoms with Crippen LogP contribution in [0.2, 0.25) is 26.3 Å². The van der Waals surface area contributed by atoms with Crippen molar-refractivity contribution in [3.8, 4) is 0 Å². The molecule has 0 fully saturated rings. The van der Waals surface area contributed by atoms with Crippen molar-refractivity contribution in [3.05, 3.63) is 0 Å². The number of aliphatic hydroxyl groups excluding tert-OH is 2. The molecule has 0 radical (unpaired) electrons. The normalized spacial score (nSPS) is 12.8. The minimum atomic E-state index is -0.404. The summed E-state index contributed by atoms with van der Waals surface area (Å²) in [5, 5.41) is 38.5. The van der Waals surface area contributed by atoms with E-state index in [1.165, 1.54) is 0 Å². The molecule has 0 rings (SSSR count). The number of nitrogens with one attached hydrogen (secondary N) is 6. The smallest absolute Gasteiger partial charge is 0.229 e. The fraction of sp³-hybridized carbons (Fsp3) is 0.913. The molecule has 0 aliphatic heterocycles.